The molecule has 26 heavy (non-hydrogen) atoms. The molecule has 0 saturated heterocycles. The van der Waals surface area contributed by atoms with Gasteiger partial charge in [-0.2, -0.15) is 0 Å². The third-order valence-corrected chi connectivity index (χ3v) is 4.55. The number of hydrogen-bond donors (Lipinski definition) is 1. The second-order valence-electron chi connectivity index (χ2n) is 5.73. The van der Waals surface area contributed by atoms with E-state index in [9.17, 15) is 9.59 Å². The van der Waals surface area contributed by atoms with Crippen LogP contribution in [0.2, 0.25) is 10.0 Å². The van der Waals surface area contributed by atoms with Gasteiger partial charge in [0, 0.05) is 25.6 Å². The van der Waals surface area contributed by atoms with Crippen molar-refractivity contribution in [2.45, 2.75) is 13.8 Å². The number of hydrogen-bond acceptors (Lipinski definition) is 3. The van der Waals surface area contributed by atoms with Crippen molar-refractivity contribution in [1.29, 1.82) is 0 Å². The lowest BCUT2D eigenvalue weighted by Crippen LogP contribution is -2.37. The summed E-state index contributed by atoms with van der Waals surface area (Å²) in [6.45, 7) is 3.99. The molecule has 2 rings (SSSR count). The Bertz CT molecular complexity index is 824. The molecule has 0 spiro atoms. The molecule has 2 aromatic carbocycles. The van der Waals surface area contributed by atoms with Crippen LogP contribution in [0.4, 0.5) is 5.69 Å². The molecule has 0 fully saturated rings. The third-order valence-electron chi connectivity index (χ3n) is 3.81. The van der Waals surface area contributed by atoms with Crippen LogP contribution >= 0.6 is 23.2 Å². The SMILES string of the molecule is COc1ccc(C)cc1N(CCNC(=O)c1ccc(Cl)c(Cl)c1)C(C)=O. The lowest BCUT2D eigenvalue weighted by Gasteiger charge is -2.24. The van der Waals surface area contributed by atoms with Gasteiger partial charge in [0.1, 0.15) is 5.75 Å². The van der Waals surface area contributed by atoms with Crippen molar-refractivity contribution in [3.05, 3.63) is 57.6 Å². The van der Waals surface area contributed by atoms with Crippen molar-refractivity contribution in [3.8, 4) is 5.75 Å². The van der Waals surface area contributed by atoms with Crippen molar-refractivity contribution >= 4 is 40.7 Å². The van der Waals surface area contributed by atoms with Gasteiger partial charge in [-0.15, -0.1) is 0 Å². The van der Waals surface area contributed by atoms with E-state index in [1.165, 1.54) is 13.0 Å². The summed E-state index contributed by atoms with van der Waals surface area (Å²) in [6, 6.07) is 10.3. The molecule has 0 atom stereocenters. The zero-order valence-electron chi connectivity index (χ0n) is 14.8. The molecule has 2 aromatic rings. The normalized spacial score (nSPS) is 10.3. The Morgan fingerprint density at radius 1 is 1.12 bits per heavy atom. The number of amides is 2. The predicted octanol–water partition coefficient (Wildman–Crippen LogP) is 4.09. The summed E-state index contributed by atoms with van der Waals surface area (Å²) in [5.41, 5.74) is 2.08. The van der Waals surface area contributed by atoms with E-state index in [1.807, 2.05) is 25.1 Å². The average Bonchev–Trinajstić information content (AvgIpc) is 2.60. The number of carbonyl (C=O) groups is 2. The number of nitrogens with one attached hydrogen (secondary N) is 1. The quantitative estimate of drug-likeness (QED) is 0.802. The minimum Gasteiger partial charge on any atom is -0.495 e. The Morgan fingerprint density at radius 3 is 2.46 bits per heavy atom. The van der Waals surface area contributed by atoms with Gasteiger partial charge in [0.2, 0.25) is 5.91 Å². The minimum absolute atomic E-state index is 0.141. The standard InChI is InChI=1S/C19H20Cl2N2O3/c1-12-4-7-18(26-3)17(10-12)23(13(2)24)9-8-22-19(25)14-5-6-15(20)16(21)11-14/h4-7,10-11H,8-9H2,1-3H3,(H,22,25). The van der Waals surface area contributed by atoms with E-state index in [4.69, 9.17) is 27.9 Å². The topological polar surface area (TPSA) is 58.6 Å². The second kappa shape index (κ2) is 8.92. The van der Waals surface area contributed by atoms with Crippen LogP contribution in [-0.4, -0.2) is 32.0 Å². The maximum absolute atomic E-state index is 12.2. The summed E-state index contributed by atoms with van der Waals surface area (Å²) in [5.74, 6) is 0.169. The van der Waals surface area contributed by atoms with Crippen molar-refractivity contribution in [2.24, 2.45) is 0 Å². The number of rotatable bonds is 6. The number of nitrogens with zero attached hydrogens (tertiary/aromatic N) is 1. The van der Waals surface area contributed by atoms with Crippen LogP contribution in [0.1, 0.15) is 22.8 Å². The molecule has 7 heteroatoms. The van der Waals surface area contributed by atoms with E-state index in [0.29, 0.717) is 33.6 Å². The van der Waals surface area contributed by atoms with Gasteiger partial charge in [-0.3, -0.25) is 9.59 Å². The maximum atomic E-state index is 12.2. The van der Waals surface area contributed by atoms with Crippen LogP contribution in [0.3, 0.4) is 0 Å². The van der Waals surface area contributed by atoms with E-state index >= 15 is 0 Å². The largest absolute Gasteiger partial charge is 0.495 e. The Balaban J connectivity index is 2.07. The summed E-state index contributed by atoms with van der Waals surface area (Å²) in [5, 5.41) is 3.48. The Labute approximate surface area is 162 Å². The van der Waals surface area contributed by atoms with Gasteiger partial charge in [0.15, 0.2) is 0 Å². The number of halogens is 2. The molecule has 0 unspecified atom stereocenters. The highest BCUT2D eigenvalue weighted by Gasteiger charge is 2.17. The van der Waals surface area contributed by atoms with Gasteiger partial charge in [-0.05, 0) is 42.8 Å². The molecule has 5 nitrogen and oxygen atoms in total. The van der Waals surface area contributed by atoms with E-state index in [0.717, 1.165) is 5.56 Å². The molecule has 2 amide bonds. The van der Waals surface area contributed by atoms with Crippen molar-refractivity contribution in [3.63, 3.8) is 0 Å². The Morgan fingerprint density at radius 2 is 1.85 bits per heavy atom. The first-order chi connectivity index (χ1) is 12.3. The summed E-state index contributed by atoms with van der Waals surface area (Å²) >= 11 is 11.8. The van der Waals surface area contributed by atoms with E-state index in [2.05, 4.69) is 5.32 Å². The van der Waals surface area contributed by atoms with E-state index < -0.39 is 0 Å². The number of benzene rings is 2. The molecule has 0 bridgehead atoms. The predicted molar refractivity (Wildman–Crippen MR) is 105 cm³/mol. The molecule has 0 aliphatic rings. The summed E-state index contributed by atoms with van der Waals surface area (Å²) in [6.07, 6.45) is 0. The van der Waals surface area contributed by atoms with Crippen LogP contribution in [0.25, 0.3) is 0 Å². The van der Waals surface area contributed by atoms with Crippen LogP contribution in [0.5, 0.6) is 5.75 Å². The van der Waals surface area contributed by atoms with Gasteiger partial charge < -0.3 is 15.0 Å². The van der Waals surface area contributed by atoms with E-state index in [-0.39, 0.29) is 18.4 Å². The fourth-order valence-electron chi connectivity index (χ4n) is 2.48. The van der Waals surface area contributed by atoms with Crippen LogP contribution in [0.15, 0.2) is 36.4 Å². The molecule has 1 N–H and O–H groups in total. The van der Waals surface area contributed by atoms with Gasteiger partial charge in [0.25, 0.3) is 5.91 Å². The summed E-state index contributed by atoms with van der Waals surface area (Å²) < 4.78 is 5.34. The number of methoxy groups -OCH3 is 1. The summed E-state index contributed by atoms with van der Waals surface area (Å²) in [4.78, 5) is 25.9. The number of ether oxygens (including phenoxy) is 1. The van der Waals surface area contributed by atoms with Crippen molar-refractivity contribution in [1.82, 2.24) is 5.32 Å². The first-order valence-electron chi connectivity index (χ1n) is 7.99. The Kier molecular flexibility index (Phi) is 6.89. The molecule has 0 aliphatic carbocycles. The minimum atomic E-state index is -0.289. The maximum Gasteiger partial charge on any atom is 0.251 e. The van der Waals surface area contributed by atoms with Gasteiger partial charge in [-0.1, -0.05) is 29.3 Å². The molecule has 0 radical (unpaired) electrons. The highest BCUT2D eigenvalue weighted by molar-refractivity contribution is 6.42. The Hall–Kier alpha value is -2.24. The summed E-state index contributed by atoms with van der Waals surface area (Å²) in [7, 11) is 1.55. The molecular formula is C19H20Cl2N2O3. The van der Waals surface area contributed by atoms with Crippen LogP contribution < -0.4 is 15.0 Å². The monoisotopic (exact) mass is 394 g/mol. The van der Waals surface area contributed by atoms with Crippen LogP contribution in [-0.2, 0) is 4.79 Å². The van der Waals surface area contributed by atoms with Crippen molar-refractivity contribution < 1.29 is 14.3 Å². The fourth-order valence-corrected chi connectivity index (χ4v) is 2.78. The van der Waals surface area contributed by atoms with Crippen molar-refractivity contribution in [2.75, 3.05) is 25.1 Å². The zero-order valence-corrected chi connectivity index (χ0v) is 16.3. The lowest BCUT2D eigenvalue weighted by molar-refractivity contribution is -0.116. The first-order valence-corrected chi connectivity index (χ1v) is 8.75. The highest BCUT2D eigenvalue weighted by atomic mass is 35.5. The fraction of sp³-hybridized carbons (Fsp3) is 0.263. The zero-order chi connectivity index (χ0) is 19.3. The first kappa shape index (κ1) is 20.1. The highest BCUT2D eigenvalue weighted by Crippen LogP contribution is 2.29. The molecular weight excluding hydrogens is 375 g/mol. The number of aryl methyl sites for hydroxylation is 1. The molecule has 138 valence electrons. The molecule has 0 heterocycles. The molecule has 0 aliphatic heterocycles. The smallest absolute Gasteiger partial charge is 0.251 e. The van der Waals surface area contributed by atoms with E-state index in [1.54, 1.807) is 24.1 Å². The number of carbonyl (C=O) groups excluding carboxylic acids is 2. The van der Waals surface area contributed by atoms with Crippen LogP contribution in [0, 0.1) is 6.92 Å². The third kappa shape index (κ3) is 4.90. The molecule has 0 saturated carbocycles. The molecule has 0 aromatic heterocycles. The number of anilines is 1. The second-order valence-corrected chi connectivity index (χ2v) is 6.55. The average molecular weight is 395 g/mol. The van der Waals surface area contributed by atoms with Gasteiger partial charge in [0.05, 0.1) is 22.8 Å². The lowest BCUT2D eigenvalue weighted by atomic mass is 10.2. The van der Waals surface area contributed by atoms with Gasteiger partial charge in [-0.25, -0.2) is 0 Å². The van der Waals surface area contributed by atoms with Gasteiger partial charge >= 0.3 is 0 Å².